The van der Waals surface area contributed by atoms with Gasteiger partial charge in [0.1, 0.15) is 12.1 Å². The topological polar surface area (TPSA) is 69.7 Å². The molecule has 30 heavy (non-hydrogen) atoms. The predicted octanol–water partition coefficient (Wildman–Crippen LogP) is 3.81. The zero-order valence-corrected chi connectivity index (χ0v) is 17.9. The number of imide groups is 1. The molecule has 3 fully saturated rings. The van der Waals surface area contributed by atoms with Crippen molar-refractivity contribution in [3.05, 3.63) is 35.9 Å². The lowest BCUT2D eigenvalue weighted by Gasteiger charge is -2.44. The number of hydrogen-bond donors (Lipinski definition) is 1. The first-order valence-corrected chi connectivity index (χ1v) is 11.6. The van der Waals surface area contributed by atoms with E-state index in [-0.39, 0.29) is 24.4 Å². The van der Waals surface area contributed by atoms with Crippen LogP contribution in [-0.4, -0.2) is 46.8 Å². The van der Waals surface area contributed by atoms with Crippen LogP contribution in [0.15, 0.2) is 30.3 Å². The van der Waals surface area contributed by atoms with Crippen molar-refractivity contribution >= 4 is 17.8 Å². The Morgan fingerprint density at radius 2 is 1.83 bits per heavy atom. The maximum absolute atomic E-state index is 13.5. The zero-order valence-electron chi connectivity index (χ0n) is 17.9. The Labute approximate surface area is 179 Å². The molecule has 1 aromatic rings. The zero-order chi connectivity index (χ0) is 21.1. The number of amides is 4. The molecule has 2 heterocycles. The van der Waals surface area contributed by atoms with Gasteiger partial charge < -0.3 is 10.2 Å². The van der Waals surface area contributed by atoms with E-state index in [4.69, 9.17) is 0 Å². The highest BCUT2D eigenvalue weighted by Gasteiger charge is 2.52. The lowest BCUT2D eigenvalue weighted by molar-refractivity contribution is -0.143. The van der Waals surface area contributed by atoms with Crippen LogP contribution in [0.2, 0.25) is 0 Å². The highest BCUT2D eigenvalue weighted by molar-refractivity contribution is 6.09. The molecule has 3 unspecified atom stereocenters. The smallest absolute Gasteiger partial charge is 0.325 e. The minimum absolute atomic E-state index is 0.0885. The standard InChI is InChI=1S/C24H33N3O3/c1-2-3-15-24(19-12-5-4-6-13-19)22(29)27(23(30)25-24)17-21(28)26-16-9-11-18-10-7-8-14-20(18)26/h4-6,12-13,18,20H,2-3,7-11,14-17H2,1H3,(H,25,30). The Hall–Kier alpha value is -2.37. The second kappa shape index (κ2) is 8.78. The molecule has 4 amide bonds. The fourth-order valence-electron chi connectivity index (χ4n) is 5.60. The first-order chi connectivity index (χ1) is 14.6. The Morgan fingerprint density at radius 3 is 2.60 bits per heavy atom. The van der Waals surface area contributed by atoms with Crippen LogP contribution in [0.1, 0.15) is 70.3 Å². The molecular formula is C24H33N3O3. The Balaban J connectivity index is 1.53. The van der Waals surface area contributed by atoms with E-state index in [9.17, 15) is 14.4 Å². The molecule has 3 atom stereocenters. The van der Waals surface area contributed by atoms with E-state index in [0.29, 0.717) is 12.3 Å². The number of carbonyl (C=O) groups is 3. The third-order valence-electron chi connectivity index (χ3n) is 7.20. The van der Waals surface area contributed by atoms with E-state index in [1.807, 2.05) is 35.2 Å². The van der Waals surface area contributed by atoms with Crippen LogP contribution < -0.4 is 5.32 Å². The van der Waals surface area contributed by atoms with Gasteiger partial charge in [-0.25, -0.2) is 4.79 Å². The van der Waals surface area contributed by atoms with Crippen LogP contribution in [0.4, 0.5) is 4.79 Å². The van der Waals surface area contributed by atoms with Gasteiger partial charge in [-0.3, -0.25) is 14.5 Å². The largest absolute Gasteiger partial charge is 0.338 e. The third-order valence-corrected chi connectivity index (χ3v) is 7.20. The number of nitrogens with zero attached hydrogens (tertiary/aromatic N) is 2. The number of likely N-dealkylation sites (tertiary alicyclic amines) is 1. The van der Waals surface area contributed by atoms with Crippen molar-refractivity contribution in [3.8, 4) is 0 Å². The summed E-state index contributed by atoms with van der Waals surface area (Å²) >= 11 is 0. The van der Waals surface area contributed by atoms with Crippen LogP contribution in [-0.2, 0) is 15.1 Å². The van der Waals surface area contributed by atoms with Crippen LogP contribution in [0.25, 0.3) is 0 Å². The first-order valence-electron chi connectivity index (χ1n) is 11.6. The molecule has 3 aliphatic rings. The first kappa shape index (κ1) is 20.9. The highest BCUT2D eigenvalue weighted by Crippen LogP contribution is 2.37. The van der Waals surface area contributed by atoms with E-state index in [1.165, 1.54) is 19.3 Å². The van der Waals surface area contributed by atoms with Crippen molar-refractivity contribution in [2.24, 2.45) is 5.92 Å². The summed E-state index contributed by atoms with van der Waals surface area (Å²) in [5.74, 6) is 0.194. The lowest BCUT2D eigenvalue weighted by Crippen LogP contribution is -2.53. The molecule has 6 nitrogen and oxygen atoms in total. The molecular weight excluding hydrogens is 378 g/mol. The number of hydrogen-bond acceptors (Lipinski definition) is 3. The summed E-state index contributed by atoms with van der Waals surface area (Å²) < 4.78 is 0. The maximum Gasteiger partial charge on any atom is 0.325 e. The molecule has 1 saturated carbocycles. The molecule has 0 bridgehead atoms. The summed E-state index contributed by atoms with van der Waals surface area (Å²) in [6, 6.07) is 9.26. The summed E-state index contributed by atoms with van der Waals surface area (Å²) in [6.07, 6.45) is 9.11. The molecule has 4 rings (SSSR count). The molecule has 1 aliphatic carbocycles. The fraction of sp³-hybridized carbons (Fsp3) is 0.625. The van der Waals surface area contributed by atoms with E-state index in [1.54, 1.807) is 0 Å². The van der Waals surface area contributed by atoms with Crippen molar-refractivity contribution in [1.82, 2.24) is 15.1 Å². The Morgan fingerprint density at radius 1 is 1.10 bits per heavy atom. The van der Waals surface area contributed by atoms with Gasteiger partial charge in [0.05, 0.1) is 0 Å². The lowest BCUT2D eigenvalue weighted by atomic mass is 9.78. The number of nitrogens with one attached hydrogen (secondary N) is 1. The van der Waals surface area contributed by atoms with Gasteiger partial charge in [0.25, 0.3) is 5.91 Å². The normalized spacial score (nSPS) is 29.0. The van der Waals surface area contributed by atoms with Crippen molar-refractivity contribution in [2.75, 3.05) is 13.1 Å². The number of piperidine rings is 1. The summed E-state index contributed by atoms with van der Waals surface area (Å²) in [6.45, 7) is 2.65. The van der Waals surface area contributed by atoms with Gasteiger partial charge in [-0.1, -0.05) is 62.9 Å². The van der Waals surface area contributed by atoms with Crippen LogP contribution in [0.3, 0.4) is 0 Å². The van der Waals surface area contributed by atoms with Gasteiger partial charge in [0.15, 0.2) is 0 Å². The monoisotopic (exact) mass is 411 g/mol. The minimum Gasteiger partial charge on any atom is -0.338 e. The number of fused-ring (bicyclic) bond motifs is 1. The van der Waals surface area contributed by atoms with Gasteiger partial charge in [-0.2, -0.15) is 0 Å². The molecule has 1 aromatic carbocycles. The summed E-state index contributed by atoms with van der Waals surface area (Å²) in [7, 11) is 0. The third kappa shape index (κ3) is 3.72. The average Bonchev–Trinajstić information content (AvgIpc) is 3.03. The Kier molecular flexibility index (Phi) is 6.11. The molecule has 2 aliphatic heterocycles. The van der Waals surface area contributed by atoms with Crippen molar-refractivity contribution in [1.29, 1.82) is 0 Å². The quantitative estimate of drug-likeness (QED) is 0.724. The molecule has 6 heteroatoms. The van der Waals surface area contributed by atoms with Crippen molar-refractivity contribution in [3.63, 3.8) is 0 Å². The fourth-order valence-corrected chi connectivity index (χ4v) is 5.60. The molecule has 0 radical (unpaired) electrons. The van der Waals surface area contributed by atoms with Gasteiger partial charge in [-0.05, 0) is 43.6 Å². The van der Waals surface area contributed by atoms with E-state index < -0.39 is 11.6 Å². The molecule has 0 aromatic heterocycles. The van der Waals surface area contributed by atoms with E-state index in [2.05, 4.69) is 12.2 Å². The van der Waals surface area contributed by atoms with Crippen LogP contribution >= 0.6 is 0 Å². The molecule has 162 valence electrons. The van der Waals surface area contributed by atoms with Crippen LogP contribution in [0.5, 0.6) is 0 Å². The number of benzene rings is 1. The molecule has 2 saturated heterocycles. The van der Waals surface area contributed by atoms with Gasteiger partial charge >= 0.3 is 6.03 Å². The summed E-state index contributed by atoms with van der Waals surface area (Å²) in [5, 5.41) is 2.95. The van der Waals surface area contributed by atoms with Crippen LogP contribution in [0, 0.1) is 5.92 Å². The predicted molar refractivity (Wildman–Crippen MR) is 115 cm³/mol. The second-order valence-electron chi connectivity index (χ2n) is 9.04. The number of urea groups is 1. The van der Waals surface area contributed by atoms with Gasteiger partial charge in [-0.15, -0.1) is 0 Å². The van der Waals surface area contributed by atoms with Gasteiger partial charge in [0.2, 0.25) is 5.91 Å². The highest BCUT2D eigenvalue weighted by atomic mass is 16.2. The number of unbranched alkanes of at least 4 members (excludes halogenated alkanes) is 1. The van der Waals surface area contributed by atoms with Gasteiger partial charge in [0, 0.05) is 12.6 Å². The maximum atomic E-state index is 13.5. The Bertz CT molecular complexity index is 794. The summed E-state index contributed by atoms with van der Waals surface area (Å²) in [5.41, 5.74) is -0.277. The summed E-state index contributed by atoms with van der Waals surface area (Å²) in [4.78, 5) is 42.7. The average molecular weight is 412 g/mol. The second-order valence-corrected chi connectivity index (χ2v) is 9.04. The van der Waals surface area contributed by atoms with E-state index >= 15 is 0 Å². The molecule has 0 spiro atoms. The number of rotatable bonds is 6. The van der Waals surface area contributed by atoms with Crippen molar-refractivity contribution < 1.29 is 14.4 Å². The minimum atomic E-state index is -1.07. The van der Waals surface area contributed by atoms with Crippen molar-refractivity contribution in [2.45, 2.75) is 76.3 Å². The molecule has 1 N–H and O–H groups in total. The number of carbonyl (C=O) groups excluding carboxylic acids is 3. The SMILES string of the molecule is CCCCC1(c2ccccc2)NC(=O)N(CC(=O)N2CCCC3CCCCC32)C1=O. The van der Waals surface area contributed by atoms with E-state index in [0.717, 1.165) is 49.1 Å².